The molecule has 0 aliphatic carbocycles. The number of rotatable bonds is 8. The highest BCUT2D eigenvalue weighted by atomic mass is 32.2. The Balaban J connectivity index is 1.35. The van der Waals surface area contributed by atoms with Gasteiger partial charge in [0.05, 0.1) is 34.1 Å². The van der Waals surface area contributed by atoms with E-state index in [2.05, 4.69) is 26.5 Å². The Hall–Kier alpha value is -5.54. The van der Waals surface area contributed by atoms with Crippen LogP contribution in [0.2, 0.25) is 0 Å². The molecular weight excluding hydrogens is 632 g/mol. The minimum atomic E-state index is -3.55. The smallest absolute Gasteiger partial charge is 0.310 e. The monoisotopic (exact) mass is 666 g/mol. The lowest BCUT2D eigenvalue weighted by Crippen LogP contribution is -2.45. The molecule has 1 saturated heterocycles. The van der Waals surface area contributed by atoms with Crippen molar-refractivity contribution in [2.24, 2.45) is 10.3 Å². The summed E-state index contributed by atoms with van der Waals surface area (Å²) in [6.07, 6.45) is 5.42. The number of pyridine rings is 1. The number of ether oxygens (including phenoxy) is 1. The van der Waals surface area contributed by atoms with Crippen LogP contribution in [-0.2, 0) is 24.1 Å². The molecule has 1 aliphatic heterocycles. The molecule has 1 N–H and O–H groups in total. The zero-order valence-electron chi connectivity index (χ0n) is 26.5. The number of hydrogen-bond acceptors (Lipinski definition) is 8. The van der Waals surface area contributed by atoms with Gasteiger partial charge in [-0.25, -0.2) is 4.21 Å². The number of benzene rings is 2. The fourth-order valence-electron chi connectivity index (χ4n) is 5.14. The molecule has 5 rings (SSSR count). The van der Waals surface area contributed by atoms with E-state index in [1.807, 2.05) is 0 Å². The summed E-state index contributed by atoms with van der Waals surface area (Å²) >= 11 is 0. The molecule has 48 heavy (non-hydrogen) atoms. The first kappa shape index (κ1) is 33.8. The van der Waals surface area contributed by atoms with Crippen molar-refractivity contribution in [2.75, 3.05) is 30.8 Å². The number of anilines is 1. The van der Waals surface area contributed by atoms with Crippen molar-refractivity contribution in [3.05, 3.63) is 113 Å². The molecule has 11 nitrogen and oxygen atoms in total. The van der Waals surface area contributed by atoms with Crippen molar-refractivity contribution >= 4 is 39.1 Å². The molecule has 1 unspecified atom stereocenters. The maximum Gasteiger partial charge on any atom is 0.310 e. The van der Waals surface area contributed by atoms with E-state index >= 15 is 0 Å². The Morgan fingerprint density at radius 3 is 2.58 bits per heavy atom. The summed E-state index contributed by atoms with van der Waals surface area (Å²) in [6, 6.07) is 18.3. The summed E-state index contributed by atoms with van der Waals surface area (Å²) in [5, 5.41) is 2.78. The molecule has 0 spiro atoms. The van der Waals surface area contributed by atoms with Gasteiger partial charge in [-0.3, -0.25) is 24.2 Å². The topological polar surface area (TPSA) is 148 Å². The number of esters is 1. The molecule has 3 heterocycles. The number of aryl methyl sites for hydroxylation is 1. The minimum Gasteiger partial charge on any atom is -0.466 e. The second-order valence-electron chi connectivity index (χ2n) is 11.1. The van der Waals surface area contributed by atoms with Crippen molar-refractivity contribution in [3.8, 4) is 11.8 Å². The van der Waals surface area contributed by atoms with Gasteiger partial charge >= 0.3 is 5.97 Å². The normalized spacial score (nSPS) is 15.3. The van der Waals surface area contributed by atoms with Crippen LogP contribution in [0.4, 0.5) is 5.69 Å². The van der Waals surface area contributed by atoms with E-state index in [9.17, 15) is 23.4 Å². The third kappa shape index (κ3) is 8.43. The molecule has 246 valence electrons. The fourth-order valence-corrected chi connectivity index (χ4v) is 6.95. The van der Waals surface area contributed by atoms with Crippen LogP contribution in [0.3, 0.4) is 0 Å². The maximum atomic E-state index is 14.3. The first-order valence-corrected chi connectivity index (χ1v) is 17.0. The number of hydrogen-bond donors (Lipinski definition) is 1. The lowest BCUT2D eigenvalue weighted by molar-refractivity contribution is -0.151. The predicted molar refractivity (Wildman–Crippen MR) is 178 cm³/mol. The molecule has 2 aromatic heterocycles. The molecule has 0 bridgehead atoms. The van der Waals surface area contributed by atoms with Crippen LogP contribution in [0.15, 0.2) is 99.1 Å². The van der Waals surface area contributed by atoms with Crippen LogP contribution in [0.25, 0.3) is 0 Å². The highest BCUT2D eigenvalue weighted by Gasteiger charge is 2.31. The molecule has 0 saturated carbocycles. The molecule has 0 radical (unpaired) electrons. The number of aromatic nitrogens is 1. The number of piperidine rings is 1. The van der Waals surface area contributed by atoms with Gasteiger partial charge in [0.1, 0.15) is 5.75 Å². The van der Waals surface area contributed by atoms with E-state index in [0.717, 1.165) is 5.56 Å². The average Bonchev–Trinajstić information content (AvgIpc) is 3.54. The van der Waals surface area contributed by atoms with Gasteiger partial charge in [-0.15, -0.1) is 0 Å². The van der Waals surface area contributed by atoms with Crippen molar-refractivity contribution in [3.63, 3.8) is 0 Å². The van der Waals surface area contributed by atoms with Crippen molar-refractivity contribution < 1.29 is 32.5 Å². The average molecular weight is 667 g/mol. The van der Waals surface area contributed by atoms with Gasteiger partial charge in [0, 0.05) is 52.8 Å². The van der Waals surface area contributed by atoms with Crippen molar-refractivity contribution in [2.45, 2.75) is 31.6 Å². The first-order valence-electron chi connectivity index (χ1n) is 15.4. The Labute approximate surface area is 278 Å². The molecule has 1 fully saturated rings. The van der Waals surface area contributed by atoms with Crippen LogP contribution in [0, 0.1) is 24.7 Å². The number of likely N-dealkylation sites (tertiary alicyclic amines) is 1. The maximum absolute atomic E-state index is 14.3. The third-order valence-corrected chi connectivity index (χ3v) is 9.69. The van der Waals surface area contributed by atoms with E-state index in [0.29, 0.717) is 36.2 Å². The van der Waals surface area contributed by atoms with Gasteiger partial charge in [0.2, 0.25) is 5.91 Å². The predicted octanol–water partition coefficient (Wildman–Crippen LogP) is 5.10. The van der Waals surface area contributed by atoms with Gasteiger partial charge in [-0.1, -0.05) is 36.1 Å². The molecule has 4 aromatic rings. The number of carbonyl (C=O) groups excluding carboxylic acids is 4. The lowest BCUT2D eigenvalue weighted by Gasteiger charge is -2.31. The highest BCUT2D eigenvalue weighted by molar-refractivity contribution is 7.94. The summed E-state index contributed by atoms with van der Waals surface area (Å²) in [6.45, 7) is 4.30. The number of amides is 3. The quantitative estimate of drug-likeness (QED) is 0.202. The van der Waals surface area contributed by atoms with Gasteiger partial charge < -0.3 is 19.4 Å². The van der Waals surface area contributed by atoms with Gasteiger partial charge in [-0.05, 0) is 69.2 Å². The lowest BCUT2D eigenvalue weighted by atomic mass is 9.98. The Morgan fingerprint density at radius 1 is 1.04 bits per heavy atom. The highest BCUT2D eigenvalue weighted by Crippen LogP contribution is 2.22. The van der Waals surface area contributed by atoms with Crippen molar-refractivity contribution in [1.82, 2.24) is 9.88 Å². The van der Waals surface area contributed by atoms with Crippen LogP contribution in [0.5, 0.6) is 0 Å². The van der Waals surface area contributed by atoms with Crippen LogP contribution in [-0.4, -0.2) is 63.2 Å². The number of furan rings is 1. The van der Waals surface area contributed by atoms with E-state index in [4.69, 9.17) is 9.15 Å². The van der Waals surface area contributed by atoms with E-state index in [-0.39, 0.29) is 41.2 Å². The molecule has 3 amide bonds. The second-order valence-corrected chi connectivity index (χ2v) is 13.3. The number of carbonyl (C=O) groups is 4. The standard InChI is InChI=1S/C36H34N4O7S/c1-3-46-36(44)28-10-8-17-40(23-28)32(41)24-48(45,31-12-5-4-6-13-31)39-34(42)29-19-27(21-37-22-29)15-14-26-9-7-11-30(20-26)38-35(43)33-25(2)16-18-47-33/h4-7,9,11-13,16,18-22,28H,3,8,10,17,23-24H2,1-2H3,(H,38,43)/t28?,48-/m0/s1. The Morgan fingerprint density at radius 2 is 1.83 bits per heavy atom. The van der Waals surface area contributed by atoms with Crippen LogP contribution in [0.1, 0.15) is 57.4 Å². The van der Waals surface area contributed by atoms with Gasteiger partial charge in [0.25, 0.3) is 11.8 Å². The molecule has 1 aliphatic rings. The summed E-state index contributed by atoms with van der Waals surface area (Å²) in [5.41, 5.74) is 2.29. The SMILES string of the molecule is CCOC(=O)C1CCCN(C(=O)C[S@@](=O)(=NC(=O)c2cncc(C#Cc3cccc(NC(=O)c4occc4C)c3)c2)c2ccccc2)C1. The summed E-state index contributed by atoms with van der Waals surface area (Å²) in [5.74, 6) is 3.16. The molecular formula is C36H34N4O7S. The second kappa shape index (κ2) is 15.4. The van der Waals surface area contributed by atoms with E-state index < -0.39 is 33.2 Å². The van der Waals surface area contributed by atoms with Crippen molar-refractivity contribution in [1.29, 1.82) is 0 Å². The third-order valence-electron chi connectivity index (χ3n) is 7.58. The number of nitrogens with one attached hydrogen (secondary N) is 1. The Kier molecular flexibility index (Phi) is 10.8. The molecule has 12 heteroatoms. The van der Waals surface area contributed by atoms with E-state index in [1.165, 1.54) is 29.6 Å². The van der Waals surface area contributed by atoms with Crippen LogP contribution < -0.4 is 5.32 Å². The van der Waals surface area contributed by atoms with Crippen LogP contribution >= 0.6 is 0 Å². The minimum absolute atomic E-state index is 0.0492. The first-order chi connectivity index (χ1) is 23.1. The van der Waals surface area contributed by atoms with Gasteiger partial charge in [-0.2, -0.15) is 4.36 Å². The zero-order valence-corrected chi connectivity index (χ0v) is 27.3. The molecule has 2 aromatic carbocycles. The fraction of sp³-hybridized carbons (Fsp3) is 0.250. The molecule has 2 atom stereocenters. The Bertz CT molecular complexity index is 2020. The summed E-state index contributed by atoms with van der Waals surface area (Å²) < 4.78 is 28.8. The number of nitrogens with zero attached hydrogens (tertiary/aromatic N) is 3. The largest absolute Gasteiger partial charge is 0.466 e. The zero-order chi connectivity index (χ0) is 34.1. The summed E-state index contributed by atoms with van der Waals surface area (Å²) in [7, 11) is -3.55. The van der Waals surface area contributed by atoms with Gasteiger partial charge in [0.15, 0.2) is 5.76 Å². The van der Waals surface area contributed by atoms with E-state index in [1.54, 1.807) is 74.5 Å². The summed E-state index contributed by atoms with van der Waals surface area (Å²) in [4.78, 5) is 57.6.